The Morgan fingerprint density at radius 2 is 2.40 bits per heavy atom. The van der Waals surface area contributed by atoms with Gasteiger partial charge in [-0.25, -0.2) is 0 Å². The highest BCUT2D eigenvalue weighted by atomic mass is 31.1. The maximum Gasteiger partial charge on any atom is 0.694 e. The van der Waals surface area contributed by atoms with E-state index in [0.717, 1.165) is 0 Å². The highest BCUT2D eigenvalue weighted by Crippen LogP contribution is 2.13. The van der Waals surface area contributed by atoms with E-state index in [1.807, 2.05) is 0 Å². The molecule has 0 aromatic carbocycles. The van der Waals surface area contributed by atoms with Crippen molar-refractivity contribution < 1.29 is 19.2 Å². The van der Waals surface area contributed by atoms with Crippen LogP contribution in [0.15, 0.2) is 5.16 Å². The van der Waals surface area contributed by atoms with E-state index in [9.17, 15) is 4.57 Å². The SMILES string of the molecule is NC(CCO[P+](=O)O)=NO. The molecule has 0 rings (SSSR count). The third kappa shape index (κ3) is 5.43. The zero-order valence-electron chi connectivity index (χ0n) is 5.10. The fraction of sp³-hybridized carbons (Fsp3) is 0.667. The van der Waals surface area contributed by atoms with Gasteiger partial charge < -0.3 is 10.9 Å². The first-order valence-corrected chi connectivity index (χ1v) is 3.55. The lowest BCUT2D eigenvalue weighted by Gasteiger charge is -1.89. The summed E-state index contributed by atoms with van der Waals surface area (Å²) in [6.45, 7) is -0.0262. The Kier molecular flexibility index (Phi) is 4.74. The lowest BCUT2D eigenvalue weighted by atomic mass is 10.4. The topological polar surface area (TPSA) is 105 Å². The first kappa shape index (κ1) is 9.29. The van der Waals surface area contributed by atoms with Crippen LogP contribution in [-0.2, 0) is 9.09 Å². The predicted molar refractivity (Wildman–Crippen MR) is 33.8 cm³/mol. The van der Waals surface area contributed by atoms with Crippen LogP contribution in [0.25, 0.3) is 0 Å². The molecule has 0 bridgehead atoms. The van der Waals surface area contributed by atoms with E-state index in [4.69, 9.17) is 15.8 Å². The molecule has 0 fully saturated rings. The summed E-state index contributed by atoms with van der Waals surface area (Å²) >= 11 is 0. The van der Waals surface area contributed by atoms with E-state index < -0.39 is 8.25 Å². The Morgan fingerprint density at radius 1 is 1.80 bits per heavy atom. The highest BCUT2D eigenvalue weighted by Gasteiger charge is 2.10. The third-order valence-corrected chi connectivity index (χ3v) is 1.09. The molecule has 58 valence electrons. The Balaban J connectivity index is 3.29. The molecule has 0 aliphatic heterocycles. The molecular formula is C3H8N2O4P+. The van der Waals surface area contributed by atoms with Gasteiger partial charge in [0.05, 0.1) is 0 Å². The van der Waals surface area contributed by atoms with Gasteiger partial charge in [-0.1, -0.05) is 5.16 Å². The summed E-state index contributed by atoms with van der Waals surface area (Å²) in [5.74, 6) is -0.0307. The first-order valence-electron chi connectivity index (χ1n) is 2.42. The molecule has 0 saturated carbocycles. The molecule has 0 amide bonds. The Hall–Kier alpha value is -0.710. The fourth-order valence-corrected chi connectivity index (χ4v) is 0.526. The van der Waals surface area contributed by atoms with Crippen LogP contribution >= 0.6 is 8.25 Å². The molecule has 1 atom stereocenters. The molecule has 7 heteroatoms. The van der Waals surface area contributed by atoms with Crippen LogP contribution in [0, 0.1) is 0 Å². The monoisotopic (exact) mass is 167 g/mol. The van der Waals surface area contributed by atoms with Crippen molar-refractivity contribution in [2.24, 2.45) is 10.9 Å². The van der Waals surface area contributed by atoms with Gasteiger partial charge in [-0.3, -0.25) is 0 Å². The molecule has 0 saturated heterocycles. The standard InChI is InChI=1S/C3H7N2O4P/c4-3(5-6)1-2-9-10(7)8/h1-2H2,(H3-,4,5,6,7,8)/p+1. The van der Waals surface area contributed by atoms with Gasteiger partial charge in [-0.05, 0) is 0 Å². The van der Waals surface area contributed by atoms with Crippen LogP contribution in [-0.4, -0.2) is 22.5 Å². The van der Waals surface area contributed by atoms with Gasteiger partial charge in [0, 0.05) is 11.0 Å². The zero-order valence-corrected chi connectivity index (χ0v) is 5.99. The minimum Gasteiger partial charge on any atom is -0.409 e. The van der Waals surface area contributed by atoms with Crippen molar-refractivity contribution in [1.29, 1.82) is 0 Å². The van der Waals surface area contributed by atoms with Crippen molar-refractivity contribution >= 4 is 14.1 Å². The Bertz CT molecular complexity index is 147. The van der Waals surface area contributed by atoms with Crippen molar-refractivity contribution in [3.63, 3.8) is 0 Å². The quantitative estimate of drug-likeness (QED) is 0.176. The van der Waals surface area contributed by atoms with Gasteiger partial charge in [0.15, 0.2) is 0 Å². The van der Waals surface area contributed by atoms with E-state index >= 15 is 0 Å². The second-order valence-corrected chi connectivity index (χ2v) is 2.15. The second kappa shape index (κ2) is 5.10. The third-order valence-electron chi connectivity index (χ3n) is 0.688. The van der Waals surface area contributed by atoms with E-state index in [2.05, 4.69) is 9.68 Å². The van der Waals surface area contributed by atoms with E-state index in [1.54, 1.807) is 0 Å². The van der Waals surface area contributed by atoms with Crippen LogP contribution in [0.4, 0.5) is 0 Å². The van der Waals surface area contributed by atoms with Gasteiger partial charge in [0.1, 0.15) is 12.4 Å². The summed E-state index contributed by atoms with van der Waals surface area (Å²) in [5.41, 5.74) is 5.00. The largest absolute Gasteiger partial charge is 0.694 e. The van der Waals surface area contributed by atoms with Crippen LogP contribution in [0.1, 0.15) is 6.42 Å². The van der Waals surface area contributed by atoms with Gasteiger partial charge in [-0.2, -0.15) is 0 Å². The number of oxime groups is 1. The van der Waals surface area contributed by atoms with Gasteiger partial charge >= 0.3 is 8.25 Å². The van der Waals surface area contributed by atoms with E-state index in [0.29, 0.717) is 0 Å². The lowest BCUT2D eigenvalue weighted by molar-refractivity contribution is 0.284. The molecule has 0 heterocycles. The number of hydrogen-bond donors (Lipinski definition) is 3. The molecule has 1 unspecified atom stereocenters. The normalized spacial score (nSPS) is 13.3. The second-order valence-electron chi connectivity index (χ2n) is 1.41. The number of hydrogen-bond acceptors (Lipinski definition) is 4. The average Bonchev–Trinajstić information content (AvgIpc) is 1.87. The summed E-state index contributed by atoms with van der Waals surface area (Å²) < 4.78 is 14.1. The van der Waals surface area contributed by atoms with Crippen molar-refractivity contribution in [2.75, 3.05) is 6.61 Å². The fourth-order valence-electron chi connectivity index (χ4n) is 0.278. The Morgan fingerprint density at radius 3 is 2.80 bits per heavy atom. The molecule has 10 heavy (non-hydrogen) atoms. The number of nitrogens with zero attached hydrogens (tertiary/aromatic N) is 1. The maximum absolute atomic E-state index is 9.85. The molecule has 0 aliphatic carbocycles. The highest BCUT2D eigenvalue weighted by molar-refractivity contribution is 7.32. The summed E-state index contributed by atoms with van der Waals surface area (Å²) in [7, 11) is -2.58. The molecule has 0 aromatic rings. The van der Waals surface area contributed by atoms with Crippen molar-refractivity contribution in [3.05, 3.63) is 0 Å². The minimum atomic E-state index is -2.58. The number of amidine groups is 1. The summed E-state index contributed by atoms with van der Waals surface area (Å²) in [5, 5.41) is 10.6. The van der Waals surface area contributed by atoms with Gasteiger partial charge in [0.2, 0.25) is 0 Å². The molecular weight excluding hydrogens is 159 g/mol. The minimum absolute atomic E-state index is 0.0262. The van der Waals surface area contributed by atoms with Crippen LogP contribution in [0.3, 0.4) is 0 Å². The van der Waals surface area contributed by atoms with Gasteiger partial charge in [-0.15, -0.1) is 9.42 Å². The molecule has 4 N–H and O–H groups in total. The first-order chi connectivity index (χ1) is 4.66. The average molecular weight is 167 g/mol. The van der Waals surface area contributed by atoms with Gasteiger partial charge in [0.25, 0.3) is 0 Å². The number of rotatable bonds is 4. The zero-order chi connectivity index (χ0) is 7.98. The summed E-state index contributed by atoms with van der Waals surface area (Å²) in [6, 6.07) is 0. The van der Waals surface area contributed by atoms with Crippen molar-refractivity contribution in [2.45, 2.75) is 6.42 Å². The van der Waals surface area contributed by atoms with Crippen LogP contribution < -0.4 is 5.73 Å². The molecule has 0 spiro atoms. The van der Waals surface area contributed by atoms with Crippen LogP contribution in [0.5, 0.6) is 0 Å². The summed E-state index contributed by atoms with van der Waals surface area (Å²) in [4.78, 5) is 8.08. The van der Waals surface area contributed by atoms with Crippen LogP contribution in [0.2, 0.25) is 0 Å². The van der Waals surface area contributed by atoms with Crippen molar-refractivity contribution in [1.82, 2.24) is 0 Å². The smallest absolute Gasteiger partial charge is 0.409 e. The molecule has 0 radical (unpaired) electrons. The summed E-state index contributed by atoms with van der Waals surface area (Å²) in [6.07, 6.45) is 0.137. The maximum atomic E-state index is 9.85. The Labute approximate surface area is 58.2 Å². The molecule has 6 nitrogen and oxygen atoms in total. The number of nitrogens with two attached hydrogens (primary N) is 1. The van der Waals surface area contributed by atoms with E-state index in [1.165, 1.54) is 0 Å². The van der Waals surface area contributed by atoms with E-state index in [-0.39, 0.29) is 18.9 Å². The predicted octanol–water partition coefficient (Wildman–Crippen LogP) is -0.211. The molecule has 0 aromatic heterocycles. The molecule has 0 aliphatic rings. The van der Waals surface area contributed by atoms with Crippen molar-refractivity contribution in [3.8, 4) is 0 Å². The lowest BCUT2D eigenvalue weighted by Crippen LogP contribution is -2.13.